The van der Waals surface area contributed by atoms with E-state index >= 15 is 0 Å². The average Bonchev–Trinajstić information content (AvgIpc) is 2.67. The summed E-state index contributed by atoms with van der Waals surface area (Å²) in [7, 11) is -4.30. The molecule has 1 aromatic carbocycles. The molecule has 0 aliphatic carbocycles. The normalized spacial score (nSPS) is 14.0. The Morgan fingerprint density at radius 3 is 2.47 bits per heavy atom. The van der Waals surface area contributed by atoms with E-state index in [9.17, 15) is 22.0 Å². The van der Waals surface area contributed by atoms with Crippen LogP contribution in [-0.2, 0) is 17.0 Å². The number of sulfonamides is 1. The summed E-state index contributed by atoms with van der Waals surface area (Å²) in [6.07, 6.45) is 0.950. The maximum atomic E-state index is 14.4. The molecule has 0 aliphatic heterocycles. The molecule has 30 heavy (non-hydrogen) atoms. The van der Waals surface area contributed by atoms with E-state index in [0.717, 1.165) is 29.0 Å². The van der Waals surface area contributed by atoms with Crippen LogP contribution >= 0.6 is 0 Å². The fourth-order valence-corrected chi connectivity index (χ4v) is 3.77. The molecule has 10 heteroatoms. The van der Waals surface area contributed by atoms with E-state index in [-0.39, 0.29) is 28.0 Å². The van der Waals surface area contributed by atoms with E-state index < -0.39 is 45.0 Å². The molecule has 0 unspecified atom stereocenters. The first kappa shape index (κ1) is 20.5. The summed E-state index contributed by atoms with van der Waals surface area (Å²) < 4.78 is 62.9. The molecule has 0 fully saturated rings. The lowest BCUT2D eigenvalue weighted by atomic mass is 10.0. The zero-order valence-electron chi connectivity index (χ0n) is 17.9. The molecule has 0 bridgehead atoms. The van der Waals surface area contributed by atoms with Gasteiger partial charge in [-0.25, -0.2) is 31.9 Å². The van der Waals surface area contributed by atoms with Crippen LogP contribution in [-0.4, -0.2) is 27.7 Å². The first-order valence-corrected chi connectivity index (χ1v) is 10.5. The quantitative estimate of drug-likeness (QED) is 0.677. The fraction of sp³-hybridized carbons (Fsp3) is 0.350. The maximum absolute atomic E-state index is 14.4. The van der Waals surface area contributed by atoms with E-state index in [0.29, 0.717) is 0 Å². The van der Waals surface area contributed by atoms with Gasteiger partial charge in [0.2, 0.25) is 10.0 Å². The second-order valence-corrected chi connectivity index (χ2v) is 10.3. The van der Waals surface area contributed by atoms with Gasteiger partial charge in [-0.3, -0.25) is 9.36 Å². The molecule has 0 saturated carbocycles. The topological polar surface area (TPSA) is 93.9 Å². The van der Waals surface area contributed by atoms with E-state index in [1.54, 1.807) is 0 Å². The van der Waals surface area contributed by atoms with Gasteiger partial charge in [-0.2, -0.15) is 0 Å². The first-order valence-electron chi connectivity index (χ1n) is 9.73. The molecule has 1 N–H and O–H groups in total. The molecule has 7 nitrogen and oxygen atoms in total. The van der Waals surface area contributed by atoms with Crippen LogP contribution in [0.25, 0.3) is 22.4 Å². The summed E-state index contributed by atoms with van der Waals surface area (Å²) in [5, 5.41) is -0.102. The van der Waals surface area contributed by atoms with Crippen molar-refractivity contribution in [1.82, 2.24) is 19.3 Å². The van der Waals surface area contributed by atoms with Crippen LogP contribution in [0.3, 0.4) is 0 Å². The molecule has 0 radical (unpaired) electrons. The number of nitrogens with one attached hydrogen (secondary N) is 1. The Morgan fingerprint density at radius 1 is 1.20 bits per heavy atom. The monoisotopic (exact) mass is 437 g/mol. The van der Waals surface area contributed by atoms with E-state index in [1.165, 1.54) is 33.8 Å². The van der Waals surface area contributed by atoms with Gasteiger partial charge in [0.15, 0.2) is 5.82 Å². The lowest BCUT2D eigenvalue weighted by Gasteiger charge is -2.24. The van der Waals surface area contributed by atoms with E-state index in [2.05, 4.69) is 14.7 Å². The molecule has 3 rings (SSSR count). The second-order valence-electron chi connectivity index (χ2n) is 7.88. The van der Waals surface area contributed by atoms with Gasteiger partial charge in [0.25, 0.3) is 5.56 Å². The highest BCUT2D eigenvalue weighted by Gasteiger charge is 2.31. The molecule has 1 atom stereocenters. The van der Waals surface area contributed by atoms with Crippen LogP contribution in [0, 0.1) is 11.6 Å². The van der Waals surface area contributed by atoms with Gasteiger partial charge in [-0.15, -0.1) is 0 Å². The maximum Gasteiger partial charge on any atom is 0.261 e. The Hall–Kier alpha value is -2.72. The first-order chi connectivity index (χ1) is 14.4. The van der Waals surface area contributed by atoms with Crippen LogP contribution in [0.5, 0.6) is 0 Å². The summed E-state index contributed by atoms with van der Waals surface area (Å²) in [6, 6.07) is 3.64. The lowest BCUT2D eigenvalue weighted by Crippen LogP contribution is -2.40. The predicted molar refractivity (Wildman–Crippen MR) is 110 cm³/mol. The van der Waals surface area contributed by atoms with Crippen LogP contribution in [0.2, 0.25) is 0 Å². The lowest BCUT2D eigenvalue weighted by molar-refractivity contribution is 0.531. The molecule has 3 aromatic rings. The Labute approximate surface area is 174 Å². The van der Waals surface area contributed by atoms with Gasteiger partial charge in [-0.05, 0) is 57.5 Å². The number of rotatable bonds is 4. The average molecular weight is 437 g/mol. The predicted octanol–water partition coefficient (Wildman–Crippen LogP) is 3.05. The number of fused-ring (bicyclic) bond motifs is 1. The van der Waals surface area contributed by atoms with Crippen molar-refractivity contribution >= 4 is 20.9 Å². The van der Waals surface area contributed by atoms with Crippen LogP contribution in [0.1, 0.15) is 40.7 Å². The van der Waals surface area contributed by atoms with Gasteiger partial charge in [0.05, 0.1) is 21.8 Å². The highest BCUT2D eigenvalue weighted by molar-refractivity contribution is 7.90. The molecule has 2 heterocycles. The number of pyridine rings is 1. The third kappa shape index (κ3) is 3.97. The van der Waals surface area contributed by atoms with Crippen molar-refractivity contribution in [2.45, 2.75) is 38.5 Å². The van der Waals surface area contributed by atoms with Crippen molar-refractivity contribution in [2.24, 2.45) is 7.02 Å². The van der Waals surface area contributed by atoms with Crippen LogP contribution < -0.4 is 10.3 Å². The molecule has 0 amide bonds. The van der Waals surface area contributed by atoms with E-state index in [1.807, 2.05) is 0 Å². The number of aromatic nitrogens is 3. The van der Waals surface area contributed by atoms with Crippen molar-refractivity contribution in [3.63, 3.8) is 0 Å². The third-order valence-electron chi connectivity index (χ3n) is 4.61. The smallest absolute Gasteiger partial charge is 0.261 e. The number of nitrogens with zero attached hydrogens (tertiary/aromatic N) is 3. The zero-order valence-corrected chi connectivity index (χ0v) is 17.7. The summed E-state index contributed by atoms with van der Waals surface area (Å²) >= 11 is 0. The third-order valence-corrected chi connectivity index (χ3v) is 6.89. The van der Waals surface area contributed by atoms with Crippen molar-refractivity contribution in [1.29, 1.82) is 0 Å². The Bertz CT molecular complexity index is 1300. The minimum atomic E-state index is -3.78. The van der Waals surface area contributed by atoms with Crippen LogP contribution in [0.4, 0.5) is 8.78 Å². The second kappa shape index (κ2) is 7.51. The van der Waals surface area contributed by atoms with Crippen molar-refractivity contribution in [3.05, 3.63) is 58.0 Å². The minimum Gasteiger partial charge on any atom is -0.294 e. The number of benzene rings is 1. The van der Waals surface area contributed by atoms with Crippen LogP contribution in [0.15, 0.2) is 35.3 Å². The summed E-state index contributed by atoms with van der Waals surface area (Å²) in [6.45, 7) is 6.09. The molecular formula is C20H22F2N4O3S. The number of halogens is 2. The molecule has 0 aliphatic rings. The van der Waals surface area contributed by atoms with Gasteiger partial charge in [0, 0.05) is 14.4 Å². The number of hydrogen-bond donors (Lipinski definition) is 1. The minimum absolute atomic E-state index is 0.00811. The van der Waals surface area contributed by atoms with Gasteiger partial charge in [0.1, 0.15) is 17.3 Å². The summed E-state index contributed by atoms with van der Waals surface area (Å²) in [4.78, 5) is 21.3. The van der Waals surface area contributed by atoms with E-state index in [4.69, 9.17) is 1.37 Å². The summed E-state index contributed by atoms with van der Waals surface area (Å²) in [5.41, 5.74) is -0.319. The zero-order chi connectivity index (χ0) is 23.1. The highest BCUT2D eigenvalue weighted by Crippen LogP contribution is 2.27. The SMILES string of the molecule is [2H]Cn1c(-c2ccc(F)cn2)nc2c([C@@H](C)NS(=O)(=O)C(C)(C)C)cc(F)cc2c1=O. The molecule has 2 aromatic heterocycles. The standard InChI is InChI=1S/C20H22F2N4O3S/c1-11(25-30(28,29)20(2,3)4)14-8-13(22)9-15-17(14)24-18(26(5)19(15)27)16-7-6-12(21)10-23-16/h6-11,25H,1-5H3/t11-/m1/s1/i5D. The Morgan fingerprint density at radius 2 is 1.90 bits per heavy atom. The fourth-order valence-electron chi connectivity index (χ4n) is 2.82. The van der Waals surface area contributed by atoms with Gasteiger partial charge in [-0.1, -0.05) is 0 Å². The van der Waals surface area contributed by atoms with Crippen molar-refractivity contribution in [3.8, 4) is 11.5 Å². The Kier molecular flexibility index (Phi) is 5.15. The van der Waals surface area contributed by atoms with Crippen molar-refractivity contribution < 1.29 is 18.6 Å². The highest BCUT2D eigenvalue weighted by atomic mass is 32.2. The number of hydrogen-bond acceptors (Lipinski definition) is 5. The molecule has 160 valence electrons. The van der Waals surface area contributed by atoms with Crippen molar-refractivity contribution in [2.75, 3.05) is 0 Å². The summed E-state index contributed by atoms with van der Waals surface area (Å²) in [5.74, 6) is -1.34. The molecule has 0 spiro atoms. The molecular weight excluding hydrogens is 414 g/mol. The Balaban J connectivity index is 2.28. The van der Waals surface area contributed by atoms with Gasteiger partial charge < -0.3 is 0 Å². The largest absolute Gasteiger partial charge is 0.294 e. The molecule has 0 saturated heterocycles. The van der Waals surface area contributed by atoms with Gasteiger partial charge >= 0.3 is 0 Å².